The van der Waals surface area contributed by atoms with Gasteiger partial charge in [0, 0.05) is 30.6 Å². The summed E-state index contributed by atoms with van der Waals surface area (Å²) >= 11 is 5.96. The zero-order chi connectivity index (χ0) is 18.0. The van der Waals surface area contributed by atoms with Crippen LogP contribution in [0.4, 0.5) is 0 Å². The maximum atomic E-state index is 12.3. The van der Waals surface area contributed by atoms with E-state index in [4.69, 9.17) is 11.6 Å². The van der Waals surface area contributed by atoms with Gasteiger partial charge in [0.25, 0.3) is 0 Å². The Kier molecular flexibility index (Phi) is 5.34. The summed E-state index contributed by atoms with van der Waals surface area (Å²) in [5.74, 6) is -0.553. The number of benzene rings is 1. The minimum atomic E-state index is -3.03. The normalized spacial score (nSPS) is 25.3. The fraction of sp³-hybridized carbons (Fsp3) is 0.529. The van der Waals surface area contributed by atoms with Crippen LogP contribution in [0.2, 0.25) is 5.02 Å². The SMILES string of the molecule is O=C(NC1CCS(=O)(=O)C1)C1CC(=O)N(CCc2cccc(Cl)c2)C1. The Morgan fingerprint density at radius 2 is 2.16 bits per heavy atom. The van der Waals surface area contributed by atoms with Crippen molar-refractivity contribution in [1.29, 1.82) is 0 Å². The van der Waals surface area contributed by atoms with Gasteiger partial charge in [-0.15, -0.1) is 0 Å². The van der Waals surface area contributed by atoms with Crippen LogP contribution in [0.1, 0.15) is 18.4 Å². The van der Waals surface area contributed by atoms with Crippen molar-refractivity contribution in [2.24, 2.45) is 5.92 Å². The first-order valence-electron chi connectivity index (χ1n) is 8.35. The molecule has 0 saturated carbocycles. The van der Waals surface area contributed by atoms with Gasteiger partial charge in [0.15, 0.2) is 9.84 Å². The van der Waals surface area contributed by atoms with E-state index in [9.17, 15) is 18.0 Å². The summed E-state index contributed by atoms with van der Waals surface area (Å²) in [6.45, 7) is 0.922. The van der Waals surface area contributed by atoms with E-state index in [-0.39, 0.29) is 35.8 Å². The van der Waals surface area contributed by atoms with Crippen molar-refractivity contribution in [3.63, 3.8) is 0 Å². The molecule has 2 atom stereocenters. The van der Waals surface area contributed by atoms with Crippen molar-refractivity contribution in [3.05, 3.63) is 34.9 Å². The summed E-state index contributed by atoms with van der Waals surface area (Å²) in [5.41, 5.74) is 1.05. The van der Waals surface area contributed by atoms with Crippen molar-refractivity contribution in [2.75, 3.05) is 24.6 Å². The number of amides is 2. The second-order valence-electron chi connectivity index (χ2n) is 6.73. The zero-order valence-corrected chi connectivity index (χ0v) is 15.4. The molecule has 2 fully saturated rings. The Morgan fingerprint density at radius 1 is 1.36 bits per heavy atom. The third-order valence-electron chi connectivity index (χ3n) is 4.72. The van der Waals surface area contributed by atoms with Gasteiger partial charge >= 0.3 is 0 Å². The lowest BCUT2D eigenvalue weighted by Gasteiger charge is -2.17. The van der Waals surface area contributed by atoms with Gasteiger partial charge in [0.2, 0.25) is 11.8 Å². The topological polar surface area (TPSA) is 83.5 Å². The van der Waals surface area contributed by atoms with Gasteiger partial charge in [0.1, 0.15) is 0 Å². The molecule has 0 spiro atoms. The molecule has 2 aliphatic heterocycles. The van der Waals surface area contributed by atoms with Gasteiger partial charge < -0.3 is 10.2 Å². The van der Waals surface area contributed by atoms with Crippen LogP contribution < -0.4 is 5.32 Å². The number of halogens is 1. The molecule has 2 unspecified atom stereocenters. The number of hydrogen-bond acceptors (Lipinski definition) is 4. The van der Waals surface area contributed by atoms with Crippen LogP contribution in [0, 0.1) is 5.92 Å². The number of hydrogen-bond donors (Lipinski definition) is 1. The summed E-state index contributed by atoms with van der Waals surface area (Å²) in [5, 5.41) is 3.45. The van der Waals surface area contributed by atoms with Gasteiger partial charge in [-0.05, 0) is 30.5 Å². The first-order valence-corrected chi connectivity index (χ1v) is 10.6. The number of nitrogens with zero attached hydrogens (tertiary/aromatic N) is 1. The Bertz CT molecular complexity index is 781. The van der Waals surface area contributed by atoms with Gasteiger partial charge in [-0.1, -0.05) is 23.7 Å². The maximum absolute atomic E-state index is 12.3. The molecule has 1 N–H and O–H groups in total. The monoisotopic (exact) mass is 384 g/mol. The second-order valence-corrected chi connectivity index (χ2v) is 9.39. The van der Waals surface area contributed by atoms with Crippen LogP contribution in [0.5, 0.6) is 0 Å². The first-order chi connectivity index (χ1) is 11.8. The highest BCUT2D eigenvalue weighted by molar-refractivity contribution is 7.91. The van der Waals surface area contributed by atoms with Crippen molar-refractivity contribution in [1.82, 2.24) is 10.2 Å². The molecule has 2 aliphatic rings. The summed E-state index contributed by atoms with van der Waals surface area (Å²) in [4.78, 5) is 26.2. The minimum absolute atomic E-state index is 0.00210. The summed E-state index contributed by atoms with van der Waals surface area (Å²) in [6, 6.07) is 7.17. The zero-order valence-electron chi connectivity index (χ0n) is 13.8. The molecule has 0 aromatic heterocycles. The average Bonchev–Trinajstić information content (AvgIpc) is 3.07. The van der Waals surface area contributed by atoms with Crippen LogP contribution in [-0.4, -0.2) is 55.8 Å². The first kappa shape index (κ1) is 18.2. The van der Waals surface area contributed by atoms with Crippen LogP contribution in [0.25, 0.3) is 0 Å². The molecule has 3 rings (SSSR count). The number of nitrogens with one attached hydrogen (secondary N) is 1. The molecule has 1 aromatic carbocycles. The summed E-state index contributed by atoms with van der Waals surface area (Å²) in [6.07, 6.45) is 1.32. The van der Waals surface area contributed by atoms with Crippen LogP contribution >= 0.6 is 11.6 Å². The van der Waals surface area contributed by atoms with E-state index < -0.39 is 15.8 Å². The largest absolute Gasteiger partial charge is 0.352 e. The molecule has 2 heterocycles. The number of likely N-dealkylation sites (tertiary alicyclic amines) is 1. The van der Waals surface area contributed by atoms with Gasteiger partial charge in [-0.2, -0.15) is 0 Å². The molecule has 0 bridgehead atoms. The molecule has 2 amide bonds. The number of carbonyl (C=O) groups excluding carboxylic acids is 2. The fourth-order valence-corrected chi connectivity index (χ4v) is 5.23. The summed E-state index contributed by atoms with van der Waals surface area (Å²) < 4.78 is 22.9. The predicted octanol–water partition coefficient (Wildman–Crippen LogP) is 1.03. The van der Waals surface area contributed by atoms with Crippen LogP contribution in [0.3, 0.4) is 0 Å². The third-order valence-corrected chi connectivity index (χ3v) is 6.73. The van der Waals surface area contributed by atoms with E-state index in [2.05, 4.69) is 5.32 Å². The van der Waals surface area contributed by atoms with E-state index in [1.54, 1.807) is 11.0 Å². The highest BCUT2D eigenvalue weighted by atomic mass is 35.5. The lowest BCUT2D eigenvalue weighted by Crippen LogP contribution is -2.40. The van der Waals surface area contributed by atoms with E-state index in [1.807, 2.05) is 18.2 Å². The Morgan fingerprint density at radius 3 is 2.84 bits per heavy atom. The number of carbonyl (C=O) groups is 2. The molecule has 136 valence electrons. The van der Waals surface area contributed by atoms with Crippen molar-refractivity contribution < 1.29 is 18.0 Å². The van der Waals surface area contributed by atoms with Crippen molar-refractivity contribution >= 4 is 33.3 Å². The van der Waals surface area contributed by atoms with Gasteiger partial charge in [0.05, 0.1) is 17.4 Å². The third kappa shape index (κ3) is 4.73. The molecule has 0 radical (unpaired) electrons. The highest BCUT2D eigenvalue weighted by Gasteiger charge is 2.36. The molecular formula is C17H21ClN2O4S. The van der Waals surface area contributed by atoms with Gasteiger partial charge in [-0.25, -0.2) is 8.42 Å². The van der Waals surface area contributed by atoms with Crippen molar-refractivity contribution in [3.8, 4) is 0 Å². The molecule has 1 aromatic rings. The number of rotatable bonds is 5. The lowest BCUT2D eigenvalue weighted by molar-refractivity contribution is -0.129. The molecular weight excluding hydrogens is 364 g/mol. The molecule has 0 aliphatic carbocycles. The van der Waals surface area contributed by atoms with E-state index in [0.717, 1.165) is 5.56 Å². The molecule has 6 nitrogen and oxygen atoms in total. The molecule has 2 saturated heterocycles. The number of sulfone groups is 1. The fourth-order valence-electron chi connectivity index (χ4n) is 3.35. The average molecular weight is 385 g/mol. The van der Waals surface area contributed by atoms with Crippen LogP contribution in [0.15, 0.2) is 24.3 Å². The lowest BCUT2D eigenvalue weighted by atomic mass is 10.1. The minimum Gasteiger partial charge on any atom is -0.352 e. The van der Waals surface area contributed by atoms with E-state index in [0.29, 0.717) is 31.0 Å². The van der Waals surface area contributed by atoms with Crippen LogP contribution in [-0.2, 0) is 25.8 Å². The quantitative estimate of drug-likeness (QED) is 0.822. The molecule has 8 heteroatoms. The highest BCUT2D eigenvalue weighted by Crippen LogP contribution is 2.20. The Hall–Kier alpha value is -1.60. The van der Waals surface area contributed by atoms with Gasteiger partial charge in [-0.3, -0.25) is 9.59 Å². The smallest absolute Gasteiger partial charge is 0.225 e. The standard InChI is InChI=1S/C17H21ClN2O4S/c18-14-3-1-2-12(8-14)4-6-20-10-13(9-16(20)21)17(22)19-15-5-7-25(23,24)11-15/h1-3,8,13,15H,4-7,9-11H2,(H,19,22). The van der Waals surface area contributed by atoms with Crippen molar-refractivity contribution in [2.45, 2.75) is 25.3 Å². The van der Waals surface area contributed by atoms with E-state index in [1.165, 1.54) is 0 Å². The second kappa shape index (κ2) is 7.33. The Balaban J connectivity index is 1.50. The maximum Gasteiger partial charge on any atom is 0.225 e. The molecule has 25 heavy (non-hydrogen) atoms. The van der Waals surface area contributed by atoms with E-state index >= 15 is 0 Å². The Labute approximate surface area is 152 Å². The predicted molar refractivity (Wildman–Crippen MR) is 95.0 cm³/mol. The summed E-state index contributed by atoms with van der Waals surface area (Å²) in [7, 11) is -3.03.